The Morgan fingerprint density at radius 1 is 1.26 bits per heavy atom. The third-order valence-electron chi connectivity index (χ3n) is 8.47. The fourth-order valence-electron chi connectivity index (χ4n) is 5.69. The van der Waals surface area contributed by atoms with Gasteiger partial charge in [0.2, 0.25) is 5.91 Å². The number of halogens is 3. The van der Waals surface area contributed by atoms with E-state index in [-0.39, 0.29) is 36.5 Å². The van der Waals surface area contributed by atoms with Crippen molar-refractivity contribution < 1.29 is 32.3 Å². The molecule has 3 fully saturated rings. The number of Topliss-reactive ketones (excluding diaryl/α,β-unsaturated/α-hetero) is 1. The highest BCUT2D eigenvalue weighted by Crippen LogP contribution is 2.37. The molecule has 0 bridgehead atoms. The Morgan fingerprint density at radius 2 is 2.00 bits per heavy atom. The Morgan fingerprint density at radius 3 is 2.67 bits per heavy atom. The van der Waals surface area contributed by atoms with E-state index in [2.05, 4.69) is 27.1 Å². The number of amides is 2. The van der Waals surface area contributed by atoms with Gasteiger partial charge < -0.3 is 24.8 Å². The molecule has 3 saturated heterocycles. The van der Waals surface area contributed by atoms with Gasteiger partial charge in [-0.2, -0.15) is 0 Å². The van der Waals surface area contributed by atoms with Crippen LogP contribution in [0.1, 0.15) is 30.6 Å². The molecular weight excluding hydrogens is 571 g/mol. The van der Waals surface area contributed by atoms with E-state index in [1.54, 1.807) is 12.3 Å². The van der Waals surface area contributed by atoms with Crippen molar-refractivity contribution in [1.29, 1.82) is 0 Å². The van der Waals surface area contributed by atoms with Crippen LogP contribution in [0.25, 0.3) is 11.3 Å². The van der Waals surface area contributed by atoms with Crippen molar-refractivity contribution in [3.8, 4) is 11.3 Å². The van der Waals surface area contributed by atoms with Crippen molar-refractivity contribution in [2.24, 2.45) is 11.8 Å². The zero-order chi connectivity index (χ0) is 30.1. The Kier molecular flexibility index (Phi) is 9.00. The number of benzene rings is 1. The summed E-state index contributed by atoms with van der Waals surface area (Å²) in [5, 5.41) is 5.30. The summed E-state index contributed by atoms with van der Waals surface area (Å²) in [7, 11) is 2.06. The van der Waals surface area contributed by atoms with Crippen LogP contribution >= 0.6 is 11.3 Å². The number of likely N-dealkylation sites (tertiary alicyclic amines) is 1. The number of likely N-dealkylation sites (N-methyl/N-ethyl adjacent to an activating group) is 1. The predicted molar refractivity (Wildman–Crippen MR) is 152 cm³/mol. The van der Waals surface area contributed by atoms with Crippen LogP contribution in [0, 0.1) is 17.7 Å². The van der Waals surface area contributed by atoms with E-state index < -0.39 is 53.3 Å². The molecule has 1 aromatic heterocycles. The molecule has 2 amide bonds. The third-order valence-corrected chi connectivity index (χ3v) is 9.37. The number of hydrogen-bond acceptors (Lipinski definition) is 8. The lowest BCUT2D eigenvalue weighted by Gasteiger charge is -2.32. The van der Waals surface area contributed by atoms with E-state index in [1.807, 2.05) is 6.92 Å². The van der Waals surface area contributed by atoms with Crippen molar-refractivity contribution in [1.82, 2.24) is 20.1 Å². The SMILES string of the molecule is CCC(C)C(NC(=O)c1ccc(-c2csc(N3CCN(C)CC3)n2)c(F)c1)C(=O)N1CC(/C(F)=C/F)C2OCC(=O)C21. The highest BCUT2D eigenvalue weighted by atomic mass is 32.1. The van der Waals surface area contributed by atoms with Gasteiger partial charge in [-0.25, -0.2) is 18.2 Å². The molecule has 3 aliphatic heterocycles. The van der Waals surface area contributed by atoms with E-state index in [0.717, 1.165) is 37.4 Å². The molecule has 5 unspecified atom stereocenters. The molecule has 1 N–H and O–H groups in total. The fourth-order valence-corrected chi connectivity index (χ4v) is 6.57. The highest BCUT2D eigenvalue weighted by molar-refractivity contribution is 7.14. The first-order chi connectivity index (χ1) is 20.1. The van der Waals surface area contributed by atoms with Gasteiger partial charge in [-0.05, 0) is 31.2 Å². The zero-order valence-electron chi connectivity index (χ0n) is 23.7. The van der Waals surface area contributed by atoms with E-state index >= 15 is 4.39 Å². The summed E-state index contributed by atoms with van der Waals surface area (Å²) < 4.78 is 47.9. The minimum Gasteiger partial charge on any atom is -0.367 e. The molecule has 0 aliphatic carbocycles. The number of fused-ring (bicyclic) bond motifs is 1. The number of ketones is 1. The number of anilines is 1. The number of aromatic nitrogens is 1. The van der Waals surface area contributed by atoms with Crippen LogP contribution in [0.2, 0.25) is 0 Å². The maximum absolute atomic E-state index is 15.3. The van der Waals surface area contributed by atoms with Crippen LogP contribution in [-0.2, 0) is 14.3 Å². The Balaban J connectivity index is 1.32. The van der Waals surface area contributed by atoms with Gasteiger partial charge in [0.25, 0.3) is 5.91 Å². The Labute approximate surface area is 246 Å². The van der Waals surface area contributed by atoms with Crippen molar-refractivity contribution in [2.75, 3.05) is 51.3 Å². The first-order valence-electron chi connectivity index (χ1n) is 14.0. The van der Waals surface area contributed by atoms with E-state index in [0.29, 0.717) is 12.1 Å². The average molecular weight is 606 g/mol. The summed E-state index contributed by atoms with van der Waals surface area (Å²) in [5.74, 6) is -4.91. The lowest BCUT2D eigenvalue weighted by Crippen LogP contribution is -2.54. The number of rotatable bonds is 8. The molecular formula is C29H34F3N5O4S. The van der Waals surface area contributed by atoms with Gasteiger partial charge in [0, 0.05) is 49.2 Å². The van der Waals surface area contributed by atoms with Gasteiger partial charge in [-0.15, -0.1) is 11.3 Å². The molecule has 0 saturated carbocycles. The predicted octanol–water partition coefficient (Wildman–Crippen LogP) is 3.42. The lowest BCUT2D eigenvalue weighted by atomic mass is 9.96. The summed E-state index contributed by atoms with van der Waals surface area (Å²) in [6.07, 6.45) is -0.684. The maximum atomic E-state index is 15.3. The van der Waals surface area contributed by atoms with Gasteiger partial charge in [0.05, 0.1) is 17.7 Å². The fraction of sp³-hybridized carbons (Fsp3) is 0.517. The normalized spacial score (nSPS) is 24.6. The molecule has 5 atom stereocenters. The van der Waals surface area contributed by atoms with Crippen molar-refractivity contribution >= 4 is 34.1 Å². The monoisotopic (exact) mass is 605 g/mol. The number of ether oxygens (including phenoxy) is 1. The standard InChI is InChI=1S/C29H34F3N5O4S/c1-4-16(2)24(28(40)37-13-19(21(32)12-30)26-25(37)23(38)14-41-26)34-27(39)17-5-6-18(20(31)11-17)22-15-42-29(33-22)36-9-7-35(3)8-10-36/h5-6,11-12,15-16,19,24-26H,4,7-10,13-14H2,1-3H3,(H,34,39)/b21-12-. The number of nitrogens with one attached hydrogen (secondary N) is 1. The van der Waals surface area contributed by atoms with Gasteiger partial charge in [-0.3, -0.25) is 14.4 Å². The minimum atomic E-state index is -1.12. The molecule has 1 aromatic carbocycles. The summed E-state index contributed by atoms with van der Waals surface area (Å²) in [6.45, 7) is 6.53. The second kappa shape index (κ2) is 12.5. The highest BCUT2D eigenvalue weighted by Gasteiger charge is 2.54. The second-order valence-electron chi connectivity index (χ2n) is 11.1. The lowest BCUT2D eigenvalue weighted by molar-refractivity contribution is -0.139. The number of piperazine rings is 1. The van der Waals surface area contributed by atoms with Gasteiger partial charge in [0.15, 0.2) is 10.9 Å². The largest absolute Gasteiger partial charge is 0.367 e. The molecule has 13 heteroatoms. The molecule has 2 aromatic rings. The van der Waals surface area contributed by atoms with Gasteiger partial charge in [-0.1, -0.05) is 20.3 Å². The van der Waals surface area contributed by atoms with Gasteiger partial charge in [0.1, 0.15) is 36.7 Å². The molecule has 42 heavy (non-hydrogen) atoms. The van der Waals surface area contributed by atoms with Gasteiger partial charge >= 0.3 is 0 Å². The van der Waals surface area contributed by atoms with Crippen LogP contribution in [0.5, 0.6) is 0 Å². The Hall–Kier alpha value is -3.29. The number of carbonyl (C=O) groups excluding carboxylic acids is 3. The second-order valence-corrected chi connectivity index (χ2v) is 12.0. The molecule has 0 spiro atoms. The van der Waals surface area contributed by atoms with Crippen LogP contribution in [0.3, 0.4) is 0 Å². The molecule has 9 nitrogen and oxygen atoms in total. The average Bonchev–Trinajstić information content (AvgIpc) is 3.72. The summed E-state index contributed by atoms with van der Waals surface area (Å²) in [5.41, 5.74) is 0.743. The minimum absolute atomic E-state index is 0.00994. The van der Waals surface area contributed by atoms with Crippen molar-refractivity contribution in [3.63, 3.8) is 0 Å². The van der Waals surface area contributed by atoms with Crippen LogP contribution < -0.4 is 10.2 Å². The number of thiazole rings is 1. The molecule has 5 rings (SSSR count). The molecule has 3 aliphatic rings. The molecule has 0 radical (unpaired) electrons. The number of nitrogens with zero attached hydrogens (tertiary/aromatic N) is 4. The van der Waals surface area contributed by atoms with E-state index in [9.17, 15) is 23.2 Å². The third kappa shape index (κ3) is 5.82. The quantitative estimate of drug-likeness (QED) is 0.493. The summed E-state index contributed by atoms with van der Waals surface area (Å²) in [6, 6.07) is 1.92. The van der Waals surface area contributed by atoms with E-state index in [4.69, 9.17) is 4.74 Å². The molecule has 4 heterocycles. The number of hydrogen-bond donors (Lipinski definition) is 1. The number of carbonyl (C=O) groups is 3. The van der Waals surface area contributed by atoms with Crippen LogP contribution in [-0.4, -0.2) is 96.9 Å². The smallest absolute Gasteiger partial charge is 0.252 e. The van der Waals surface area contributed by atoms with Crippen LogP contribution in [0.15, 0.2) is 35.7 Å². The zero-order valence-corrected chi connectivity index (χ0v) is 24.5. The maximum Gasteiger partial charge on any atom is 0.252 e. The Bertz CT molecular complexity index is 1380. The molecule has 226 valence electrons. The first kappa shape index (κ1) is 30.2. The topological polar surface area (TPSA) is 95.1 Å². The van der Waals surface area contributed by atoms with Crippen molar-refractivity contribution in [3.05, 3.63) is 47.1 Å². The van der Waals surface area contributed by atoms with E-state index in [1.165, 1.54) is 28.4 Å². The van der Waals surface area contributed by atoms with Crippen LogP contribution in [0.4, 0.5) is 18.3 Å². The first-order valence-corrected chi connectivity index (χ1v) is 14.9. The van der Waals surface area contributed by atoms with Crippen molar-refractivity contribution in [2.45, 2.75) is 38.5 Å². The summed E-state index contributed by atoms with van der Waals surface area (Å²) in [4.78, 5) is 49.7. The summed E-state index contributed by atoms with van der Waals surface area (Å²) >= 11 is 1.44.